The molecule has 0 spiro atoms. The van der Waals surface area contributed by atoms with Crippen LogP contribution < -0.4 is 0 Å². The number of hydrogen-bond donors (Lipinski definition) is 0. The Hall–Kier alpha value is -0.510. The summed E-state index contributed by atoms with van der Waals surface area (Å²) in [6.45, 7) is 4.07. The summed E-state index contributed by atoms with van der Waals surface area (Å²) in [5, 5.41) is 0. The van der Waals surface area contributed by atoms with Crippen LogP contribution in [0.4, 0.5) is 0 Å². The Balaban J connectivity index is 1.41. The Morgan fingerprint density at radius 1 is 1.32 bits per heavy atom. The first-order valence-electron chi connectivity index (χ1n) is 7.31. The Labute approximate surface area is 120 Å². The van der Waals surface area contributed by atoms with Crippen LogP contribution >= 0.6 is 11.8 Å². The lowest BCUT2D eigenvalue weighted by Gasteiger charge is -2.21. The van der Waals surface area contributed by atoms with Crippen LogP contribution in [0.2, 0.25) is 0 Å². The maximum absolute atomic E-state index is 5.72. The molecule has 2 nitrogen and oxygen atoms in total. The maximum atomic E-state index is 5.72. The van der Waals surface area contributed by atoms with Gasteiger partial charge in [-0.15, -0.1) is 11.8 Å². The van der Waals surface area contributed by atoms with Gasteiger partial charge in [-0.05, 0) is 37.4 Å². The van der Waals surface area contributed by atoms with Crippen LogP contribution in [-0.2, 0) is 4.74 Å². The highest BCUT2D eigenvalue weighted by Gasteiger charge is 2.24. The van der Waals surface area contributed by atoms with E-state index in [4.69, 9.17) is 4.74 Å². The maximum Gasteiger partial charge on any atom is 0.0593 e. The first-order valence-corrected chi connectivity index (χ1v) is 8.29. The Kier molecular flexibility index (Phi) is 4.46. The molecule has 1 saturated carbocycles. The Morgan fingerprint density at radius 2 is 2.16 bits per heavy atom. The zero-order chi connectivity index (χ0) is 13.1. The van der Waals surface area contributed by atoms with Gasteiger partial charge in [0.2, 0.25) is 0 Å². The first kappa shape index (κ1) is 13.5. The molecule has 1 aliphatic carbocycles. The molecular weight excluding hydrogens is 254 g/mol. The van der Waals surface area contributed by atoms with Crippen LogP contribution in [0.5, 0.6) is 0 Å². The fraction of sp³-hybridized carbons (Fsp3) is 0.625. The van der Waals surface area contributed by atoms with Crippen molar-refractivity contribution in [2.75, 3.05) is 39.1 Å². The number of rotatable bonds is 7. The van der Waals surface area contributed by atoms with Crippen LogP contribution in [0.1, 0.15) is 24.3 Å². The topological polar surface area (TPSA) is 12.5 Å². The molecule has 3 rings (SSSR count). The minimum Gasteiger partial charge on any atom is -0.380 e. The van der Waals surface area contributed by atoms with Crippen LogP contribution in [0.15, 0.2) is 29.2 Å². The molecule has 0 amide bonds. The number of fused-ring (bicyclic) bond motifs is 1. The van der Waals surface area contributed by atoms with E-state index in [1.54, 1.807) is 5.56 Å². The SMILES string of the molecule is CN(CCOCC1CC1)CC1CSc2ccccc21. The standard InChI is InChI=1S/C16H23NOS/c1-17(8-9-18-11-13-6-7-13)10-14-12-19-16-5-3-2-4-15(14)16/h2-5,13-14H,6-12H2,1H3. The van der Waals surface area contributed by atoms with Crippen LogP contribution in [0.3, 0.4) is 0 Å². The van der Waals surface area contributed by atoms with E-state index in [0.717, 1.165) is 32.2 Å². The third-order valence-corrected chi connectivity index (χ3v) is 5.25. The minimum atomic E-state index is 0.689. The lowest BCUT2D eigenvalue weighted by atomic mass is 10.0. The van der Waals surface area contributed by atoms with Crippen molar-refractivity contribution in [2.24, 2.45) is 5.92 Å². The molecular formula is C16H23NOS. The molecule has 3 heteroatoms. The molecule has 19 heavy (non-hydrogen) atoms. The molecule has 0 bridgehead atoms. The van der Waals surface area contributed by atoms with Gasteiger partial charge in [0.1, 0.15) is 0 Å². The van der Waals surface area contributed by atoms with Gasteiger partial charge in [-0.3, -0.25) is 0 Å². The largest absolute Gasteiger partial charge is 0.380 e. The quantitative estimate of drug-likeness (QED) is 0.710. The van der Waals surface area contributed by atoms with Crippen molar-refractivity contribution < 1.29 is 4.74 Å². The van der Waals surface area contributed by atoms with E-state index in [2.05, 4.69) is 36.2 Å². The van der Waals surface area contributed by atoms with Crippen molar-refractivity contribution in [2.45, 2.75) is 23.7 Å². The molecule has 104 valence electrons. The summed E-state index contributed by atoms with van der Waals surface area (Å²) in [6, 6.07) is 8.84. The second-order valence-electron chi connectivity index (χ2n) is 5.83. The molecule has 1 aromatic carbocycles. The second kappa shape index (κ2) is 6.29. The molecule has 0 saturated heterocycles. The number of ether oxygens (including phenoxy) is 1. The summed E-state index contributed by atoms with van der Waals surface area (Å²) in [5.74, 6) is 2.80. The van der Waals surface area contributed by atoms with E-state index < -0.39 is 0 Å². The van der Waals surface area contributed by atoms with Crippen molar-refractivity contribution in [3.63, 3.8) is 0 Å². The van der Waals surface area contributed by atoms with Gasteiger partial charge < -0.3 is 9.64 Å². The van der Waals surface area contributed by atoms with Gasteiger partial charge >= 0.3 is 0 Å². The number of likely N-dealkylation sites (N-methyl/N-ethyl adjacent to an activating group) is 1. The summed E-state index contributed by atoms with van der Waals surface area (Å²) in [5.41, 5.74) is 1.54. The highest BCUT2D eigenvalue weighted by Crippen LogP contribution is 2.39. The molecule has 0 aromatic heterocycles. The predicted molar refractivity (Wildman–Crippen MR) is 80.9 cm³/mol. The van der Waals surface area contributed by atoms with E-state index in [0.29, 0.717) is 5.92 Å². The summed E-state index contributed by atoms with van der Waals surface area (Å²) in [6.07, 6.45) is 2.76. The Bertz CT molecular complexity index is 419. The molecule has 1 atom stereocenters. The molecule has 0 radical (unpaired) electrons. The lowest BCUT2D eigenvalue weighted by Crippen LogP contribution is -2.28. The average Bonchev–Trinajstić information content (AvgIpc) is 3.17. The smallest absolute Gasteiger partial charge is 0.0593 e. The molecule has 1 heterocycles. The third kappa shape index (κ3) is 3.74. The molecule has 2 aliphatic rings. The Morgan fingerprint density at radius 3 is 3.00 bits per heavy atom. The summed E-state index contributed by atoms with van der Waals surface area (Å²) in [4.78, 5) is 3.89. The highest BCUT2D eigenvalue weighted by molar-refractivity contribution is 7.99. The fourth-order valence-corrected chi connectivity index (χ4v) is 3.84. The van der Waals surface area contributed by atoms with Gasteiger partial charge in [0.05, 0.1) is 6.61 Å². The molecule has 0 N–H and O–H groups in total. The highest BCUT2D eigenvalue weighted by atomic mass is 32.2. The van der Waals surface area contributed by atoms with Gasteiger partial charge in [0.15, 0.2) is 0 Å². The summed E-state index contributed by atoms with van der Waals surface area (Å²) < 4.78 is 5.72. The average molecular weight is 277 g/mol. The zero-order valence-corrected chi connectivity index (χ0v) is 12.5. The van der Waals surface area contributed by atoms with Gasteiger partial charge in [-0.25, -0.2) is 0 Å². The normalized spacial score (nSPS) is 21.9. The number of hydrogen-bond acceptors (Lipinski definition) is 3. The predicted octanol–water partition coefficient (Wildman–Crippen LogP) is 3.23. The van der Waals surface area contributed by atoms with Crippen molar-refractivity contribution in [1.29, 1.82) is 0 Å². The van der Waals surface area contributed by atoms with Crippen LogP contribution in [0.25, 0.3) is 0 Å². The van der Waals surface area contributed by atoms with Crippen LogP contribution in [0, 0.1) is 5.92 Å². The number of nitrogens with zero attached hydrogens (tertiary/aromatic N) is 1. The molecule has 1 unspecified atom stereocenters. The zero-order valence-electron chi connectivity index (χ0n) is 11.7. The van der Waals surface area contributed by atoms with Crippen molar-refractivity contribution in [1.82, 2.24) is 4.90 Å². The van der Waals surface area contributed by atoms with E-state index in [9.17, 15) is 0 Å². The van der Waals surface area contributed by atoms with Gasteiger partial charge in [0.25, 0.3) is 0 Å². The third-order valence-electron chi connectivity index (χ3n) is 4.00. The summed E-state index contributed by atoms with van der Waals surface area (Å²) >= 11 is 2.00. The first-order chi connectivity index (χ1) is 9.33. The fourth-order valence-electron chi connectivity index (χ4n) is 2.60. The molecule has 1 aliphatic heterocycles. The monoisotopic (exact) mass is 277 g/mol. The van der Waals surface area contributed by atoms with Crippen LogP contribution in [-0.4, -0.2) is 44.0 Å². The van der Waals surface area contributed by atoms with Gasteiger partial charge in [-0.1, -0.05) is 18.2 Å². The van der Waals surface area contributed by atoms with Gasteiger partial charge in [-0.2, -0.15) is 0 Å². The van der Waals surface area contributed by atoms with Crippen molar-refractivity contribution in [3.05, 3.63) is 29.8 Å². The lowest BCUT2D eigenvalue weighted by molar-refractivity contribution is 0.102. The number of benzene rings is 1. The van der Waals surface area contributed by atoms with E-state index in [1.807, 2.05) is 11.8 Å². The second-order valence-corrected chi connectivity index (χ2v) is 6.89. The van der Waals surface area contributed by atoms with Crippen molar-refractivity contribution in [3.8, 4) is 0 Å². The number of thioether (sulfide) groups is 1. The van der Waals surface area contributed by atoms with E-state index in [1.165, 1.54) is 23.5 Å². The molecule has 1 aromatic rings. The van der Waals surface area contributed by atoms with E-state index >= 15 is 0 Å². The van der Waals surface area contributed by atoms with E-state index in [-0.39, 0.29) is 0 Å². The van der Waals surface area contributed by atoms with Gasteiger partial charge in [0, 0.05) is 36.3 Å². The van der Waals surface area contributed by atoms with Crippen molar-refractivity contribution >= 4 is 11.8 Å². The summed E-state index contributed by atoms with van der Waals surface area (Å²) in [7, 11) is 2.21. The molecule has 1 fully saturated rings. The minimum absolute atomic E-state index is 0.689.